The van der Waals surface area contributed by atoms with Crippen LogP contribution in [0.4, 0.5) is 0 Å². The van der Waals surface area contributed by atoms with Crippen LogP contribution in [0.1, 0.15) is 11.1 Å². The molecule has 0 saturated heterocycles. The molecule has 0 nitrogen and oxygen atoms in total. The molecular formula is C26H18Se2. The van der Waals surface area contributed by atoms with Crippen molar-refractivity contribution in [3.05, 3.63) is 83.9 Å². The van der Waals surface area contributed by atoms with Gasteiger partial charge in [-0.05, 0) is 0 Å². The van der Waals surface area contributed by atoms with Crippen LogP contribution in [0.5, 0.6) is 0 Å². The summed E-state index contributed by atoms with van der Waals surface area (Å²) in [6.45, 7) is 4.59. The van der Waals surface area contributed by atoms with E-state index < -0.39 is 0 Å². The Bertz CT molecular complexity index is 1410. The van der Waals surface area contributed by atoms with E-state index >= 15 is 0 Å². The summed E-state index contributed by atoms with van der Waals surface area (Å²) in [7, 11) is 0. The third-order valence-electron chi connectivity index (χ3n) is 5.76. The van der Waals surface area contributed by atoms with Gasteiger partial charge in [0.15, 0.2) is 0 Å². The maximum absolute atomic E-state index is 2.35. The second kappa shape index (κ2) is 6.21. The molecule has 0 amide bonds. The zero-order valence-corrected chi connectivity index (χ0v) is 19.2. The van der Waals surface area contributed by atoms with Crippen molar-refractivity contribution in [2.75, 3.05) is 0 Å². The van der Waals surface area contributed by atoms with Gasteiger partial charge in [0, 0.05) is 0 Å². The molecule has 0 fully saturated rings. The zero-order valence-electron chi connectivity index (χ0n) is 15.7. The molecule has 6 rings (SSSR count). The van der Waals surface area contributed by atoms with Crippen molar-refractivity contribution in [3.63, 3.8) is 0 Å². The van der Waals surface area contributed by atoms with Gasteiger partial charge in [0.2, 0.25) is 0 Å². The fourth-order valence-corrected chi connectivity index (χ4v) is 9.88. The van der Waals surface area contributed by atoms with Gasteiger partial charge >= 0.3 is 176 Å². The Hall–Kier alpha value is -2.08. The maximum atomic E-state index is 2.35. The van der Waals surface area contributed by atoms with E-state index in [0.717, 1.165) is 0 Å². The zero-order chi connectivity index (χ0) is 18.8. The average Bonchev–Trinajstić information content (AvgIpc) is 3.27. The fourth-order valence-electron chi connectivity index (χ4n) is 4.40. The third-order valence-corrected chi connectivity index (χ3v) is 10.8. The van der Waals surface area contributed by atoms with Crippen molar-refractivity contribution in [3.8, 4) is 11.1 Å². The van der Waals surface area contributed by atoms with Crippen LogP contribution in [-0.4, -0.2) is 29.0 Å². The number of hydrogen-bond acceptors (Lipinski definition) is 0. The molecule has 0 aliphatic carbocycles. The Balaban J connectivity index is 1.82. The van der Waals surface area contributed by atoms with E-state index in [1.807, 2.05) is 0 Å². The molecule has 2 heterocycles. The topological polar surface area (TPSA) is 0 Å². The molecule has 2 heteroatoms. The second-order valence-electron chi connectivity index (χ2n) is 7.46. The number of aryl methyl sites for hydroxylation is 2. The molecule has 0 saturated carbocycles. The first-order chi connectivity index (χ1) is 13.7. The Labute approximate surface area is 175 Å². The van der Waals surface area contributed by atoms with Crippen molar-refractivity contribution in [1.82, 2.24) is 0 Å². The van der Waals surface area contributed by atoms with Crippen LogP contribution in [0.3, 0.4) is 0 Å². The second-order valence-corrected chi connectivity index (χ2v) is 11.9. The Morgan fingerprint density at radius 3 is 1.36 bits per heavy atom. The van der Waals surface area contributed by atoms with Crippen molar-refractivity contribution < 1.29 is 0 Å². The van der Waals surface area contributed by atoms with E-state index in [4.69, 9.17) is 0 Å². The van der Waals surface area contributed by atoms with Gasteiger partial charge in [-0.15, -0.1) is 0 Å². The first-order valence-electron chi connectivity index (χ1n) is 9.54. The number of rotatable bonds is 1. The molecule has 0 aliphatic rings. The van der Waals surface area contributed by atoms with Gasteiger partial charge in [-0.3, -0.25) is 0 Å². The predicted octanol–water partition coefficient (Wildman–Crippen LogP) is 6.70. The third kappa shape index (κ3) is 2.30. The SMILES string of the molecule is Cc1ccc2c([se]c3ccccc32)c1-c1c(C)ccc2c1[se]c1ccccc12. The average molecular weight is 488 g/mol. The molecule has 0 bridgehead atoms. The normalized spacial score (nSPS) is 11.9. The van der Waals surface area contributed by atoms with Gasteiger partial charge in [0.25, 0.3) is 0 Å². The summed E-state index contributed by atoms with van der Waals surface area (Å²) in [5.74, 6) is 0. The predicted molar refractivity (Wildman–Crippen MR) is 125 cm³/mol. The molecular weight excluding hydrogens is 470 g/mol. The fraction of sp³-hybridized carbons (Fsp3) is 0.0769. The number of benzene rings is 4. The number of fused-ring (bicyclic) bond motifs is 6. The molecule has 134 valence electrons. The van der Waals surface area contributed by atoms with Crippen LogP contribution in [0.25, 0.3) is 49.7 Å². The quantitative estimate of drug-likeness (QED) is 0.226. The van der Waals surface area contributed by atoms with Crippen LogP contribution in [-0.2, 0) is 0 Å². The molecule has 4 aromatic carbocycles. The van der Waals surface area contributed by atoms with E-state index in [9.17, 15) is 0 Å². The van der Waals surface area contributed by atoms with E-state index in [1.165, 1.54) is 52.3 Å². The van der Waals surface area contributed by atoms with Crippen LogP contribution in [0, 0.1) is 13.8 Å². The van der Waals surface area contributed by atoms with Crippen LogP contribution < -0.4 is 0 Å². The molecule has 2 aromatic heterocycles. The van der Waals surface area contributed by atoms with Crippen LogP contribution in [0.15, 0.2) is 72.8 Å². The first-order valence-corrected chi connectivity index (χ1v) is 13.0. The molecule has 0 radical (unpaired) electrons. The summed E-state index contributed by atoms with van der Waals surface area (Å²) < 4.78 is 6.21. The first kappa shape index (κ1) is 16.8. The Kier molecular flexibility index (Phi) is 3.73. The van der Waals surface area contributed by atoms with Crippen molar-refractivity contribution in [2.24, 2.45) is 0 Å². The molecule has 0 spiro atoms. The monoisotopic (exact) mass is 490 g/mol. The van der Waals surface area contributed by atoms with Gasteiger partial charge in [-0.2, -0.15) is 0 Å². The summed E-state index contributed by atoms with van der Waals surface area (Å²) in [6.07, 6.45) is 0. The van der Waals surface area contributed by atoms with Gasteiger partial charge in [0.1, 0.15) is 0 Å². The van der Waals surface area contributed by atoms with Gasteiger partial charge in [0.05, 0.1) is 0 Å². The van der Waals surface area contributed by atoms with E-state index in [0.29, 0.717) is 29.0 Å². The van der Waals surface area contributed by atoms with E-state index in [1.54, 1.807) is 8.52 Å². The van der Waals surface area contributed by atoms with Gasteiger partial charge in [-0.1, -0.05) is 0 Å². The minimum absolute atomic E-state index is 0.376. The van der Waals surface area contributed by atoms with E-state index in [2.05, 4.69) is 86.6 Å². The summed E-state index contributed by atoms with van der Waals surface area (Å²) in [6, 6.07) is 27.3. The van der Waals surface area contributed by atoms with Crippen molar-refractivity contribution in [1.29, 1.82) is 0 Å². The molecule has 0 atom stereocenters. The van der Waals surface area contributed by atoms with Crippen LogP contribution >= 0.6 is 0 Å². The van der Waals surface area contributed by atoms with E-state index in [-0.39, 0.29) is 0 Å². The summed E-state index contributed by atoms with van der Waals surface area (Å²) in [5, 5.41) is 5.79. The van der Waals surface area contributed by atoms with Crippen LogP contribution in [0.2, 0.25) is 0 Å². The summed E-state index contributed by atoms with van der Waals surface area (Å²) in [5.41, 5.74) is 5.85. The molecule has 0 unspecified atom stereocenters. The standard InChI is InChI=1S/C26H18Se2/c1-15-11-13-19-17-7-3-5-9-21(17)27-25(19)23(15)24-16(2)12-14-20-18-8-4-6-10-22(18)28-26(20)24/h3-14H,1-2H3. The molecule has 0 aliphatic heterocycles. The minimum atomic E-state index is 0.376. The molecule has 6 aromatic rings. The molecule has 0 N–H and O–H groups in total. The van der Waals surface area contributed by atoms with Crippen molar-refractivity contribution in [2.45, 2.75) is 13.8 Å². The summed E-state index contributed by atoms with van der Waals surface area (Å²) >= 11 is 0.752. The van der Waals surface area contributed by atoms with Gasteiger partial charge in [-0.25, -0.2) is 0 Å². The Morgan fingerprint density at radius 2 is 0.893 bits per heavy atom. The van der Waals surface area contributed by atoms with Gasteiger partial charge < -0.3 is 0 Å². The summed E-state index contributed by atoms with van der Waals surface area (Å²) in [4.78, 5) is 0. The van der Waals surface area contributed by atoms with Crippen molar-refractivity contribution >= 4 is 67.6 Å². The molecule has 28 heavy (non-hydrogen) atoms. The number of hydrogen-bond donors (Lipinski definition) is 0. The Morgan fingerprint density at radius 1 is 0.464 bits per heavy atom.